The lowest BCUT2D eigenvalue weighted by Crippen LogP contribution is -2.18. The first kappa shape index (κ1) is 13.7. The highest BCUT2D eigenvalue weighted by Crippen LogP contribution is 2.10. The van der Waals surface area contributed by atoms with Crippen molar-refractivity contribution >= 4 is 5.65 Å². The first-order valence-corrected chi connectivity index (χ1v) is 6.98. The van der Waals surface area contributed by atoms with Gasteiger partial charge in [-0.1, -0.05) is 12.1 Å². The van der Waals surface area contributed by atoms with Crippen molar-refractivity contribution in [1.29, 1.82) is 0 Å². The number of hydrogen-bond acceptors (Lipinski definition) is 3. The molecule has 0 saturated heterocycles. The number of pyridine rings is 1. The number of fused-ring (bicyclic) bond motifs is 1. The molecule has 2 heterocycles. The zero-order valence-electron chi connectivity index (χ0n) is 11.9. The average Bonchev–Trinajstić information content (AvgIpc) is 2.90. The first-order valence-electron chi connectivity index (χ1n) is 6.98. The monoisotopic (exact) mass is 284 g/mol. The molecule has 0 spiro atoms. The van der Waals surface area contributed by atoms with Crippen molar-refractivity contribution in [3.63, 3.8) is 0 Å². The molecule has 0 unspecified atom stereocenters. The van der Waals surface area contributed by atoms with Gasteiger partial charge in [-0.05, 0) is 42.3 Å². The molecule has 0 aliphatic rings. The summed E-state index contributed by atoms with van der Waals surface area (Å²) >= 11 is 0. The second-order valence-corrected chi connectivity index (χ2v) is 5.04. The van der Waals surface area contributed by atoms with Crippen molar-refractivity contribution < 1.29 is 4.39 Å². The lowest BCUT2D eigenvalue weighted by atomic mass is 10.1. The minimum atomic E-state index is -0.194. The average molecular weight is 284 g/mol. The van der Waals surface area contributed by atoms with Gasteiger partial charge in [0.2, 0.25) is 0 Å². The van der Waals surface area contributed by atoms with Crippen LogP contribution in [0.15, 0.2) is 42.6 Å². The Balaban J connectivity index is 1.58. The van der Waals surface area contributed by atoms with Crippen LogP contribution in [0.3, 0.4) is 0 Å². The fraction of sp³-hybridized carbons (Fsp3) is 0.250. The minimum Gasteiger partial charge on any atom is -0.312 e. The number of hydrogen-bond donors (Lipinski definition) is 1. The van der Waals surface area contributed by atoms with Gasteiger partial charge in [0, 0.05) is 25.7 Å². The number of benzene rings is 1. The number of halogens is 1. The van der Waals surface area contributed by atoms with E-state index in [1.807, 2.05) is 35.7 Å². The van der Waals surface area contributed by atoms with Crippen LogP contribution in [0.2, 0.25) is 0 Å². The van der Waals surface area contributed by atoms with Gasteiger partial charge in [-0.3, -0.25) is 4.40 Å². The summed E-state index contributed by atoms with van der Waals surface area (Å²) in [4.78, 5) is 0. The van der Waals surface area contributed by atoms with E-state index in [2.05, 4.69) is 15.5 Å². The number of nitrogens with one attached hydrogen (secondary N) is 1. The summed E-state index contributed by atoms with van der Waals surface area (Å²) in [6.07, 6.45) is 2.74. The number of nitrogens with zero attached hydrogens (tertiary/aromatic N) is 3. The number of aryl methyl sites for hydroxylation is 1. The third-order valence-corrected chi connectivity index (χ3v) is 3.54. The summed E-state index contributed by atoms with van der Waals surface area (Å²) in [5.41, 5.74) is 2.94. The minimum absolute atomic E-state index is 0.194. The Morgan fingerprint density at radius 1 is 1.19 bits per heavy atom. The van der Waals surface area contributed by atoms with Gasteiger partial charge < -0.3 is 5.32 Å². The van der Waals surface area contributed by atoms with Gasteiger partial charge in [-0.2, -0.15) is 0 Å². The van der Waals surface area contributed by atoms with Crippen molar-refractivity contribution in [2.24, 2.45) is 0 Å². The first-order chi connectivity index (χ1) is 10.2. The molecule has 0 radical (unpaired) electrons. The second-order valence-electron chi connectivity index (χ2n) is 5.04. The van der Waals surface area contributed by atoms with E-state index < -0.39 is 0 Å². The molecule has 108 valence electrons. The Morgan fingerprint density at radius 2 is 2.10 bits per heavy atom. The van der Waals surface area contributed by atoms with Crippen LogP contribution in [0, 0.1) is 12.7 Å². The third kappa shape index (κ3) is 3.08. The number of aromatic nitrogens is 3. The molecular weight excluding hydrogens is 267 g/mol. The predicted molar refractivity (Wildman–Crippen MR) is 79.5 cm³/mol. The molecule has 0 saturated carbocycles. The zero-order valence-corrected chi connectivity index (χ0v) is 11.9. The molecule has 3 rings (SSSR count). The Morgan fingerprint density at radius 3 is 3.00 bits per heavy atom. The van der Waals surface area contributed by atoms with E-state index >= 15 is 0 Å². The molecule has 0 aliphatic heterocycles. The van der Waals surface area contributed by atoms with Crippen molar-refractivity contribution in [3.05, 3.63) is 65.4 Å². The van der Waals surface area contributed by atoms with Crippen LogP contribution in [0.5, 0.6) is 0 Å². The van der Waals surface area contributed by atoms with Gasteiger partial charge in [-0.15, -0.1) is 10.2 Å². The van der Waals surface area contributed by atoms with E-state index in [1.54, 1.807) is 12.1 Å². The summed E-state index contributed by atoms with van der Waals surface area (Å²) in [6, 6.07) is 10.7. The van der Waals surface area contributed by atoms with Crippen LogP contribution < -0.4 is 5.32 Å². The zero-order chi connectivity index (χ0) is 14.7. The summed E-state index contributed by atoms with van der Waals surface area (Å²) in [5, 5.41) is 11.6. The molecule has 3 aromatic rings. The van der Waals surface area contributed by atoms with E-state index in [0.717, 1.165) is 35.6 Å². The maximum atomic E-state index is 13.2. The van der Waals surface area contributed by atoms with E-state index in [4.69, 9.17) is 0 Å². The standard InChI is InChI=1S/C16H17FN4/c1-12-5-6-14(17)10-13(12)11-18-8-7-16-20-19-15-4-2-3-9-21(15)16/h2-6,9-10,18H,7-8,11H2,1H3. The molecule has 0 bridgehead atoms. The van der Waals surface area contributed by atoms with Crippen molar-refractivity contribution in [1.82, 2.24) is 19.9 Å². The van der Waals surface area contributed by atoms with E-state index in [9.17, 15) is 4.39 Å². The normalized spacial score (nSPS) is 11.1. The van der Waals surface area contributed by atoms with Gasteiger partial charge in [-0.25, -0.2) is 4.39 Å². The van der Waals surface area contributed by atoms with Gasteiger partial charge in [0.15, 0.2) is 5.65 Å². The topological polar surface area (TPSA) is 42.2 Å². The Labute approximate surface area is 122 Å². The number of rotatable bonds is 5. The maximum absolute atomic E-state index is 13.2. The van der Waals surface area contributed by atoms with E-state index in [0.29, 0.717) is 6.54 Å². The molecule has 2 aromatic heterocycles. The fourth-order valence-corrected chi connectivity index (χ4v) is 2.32. The fourth-order valence-electron chi connectivity index (χ4n) is 2.32. The van der Waals surface area contributed by atoms with Crippen LogP contribution in [0.25, 0.3) is 5.65 Å². The van der Waals surface area contributed by atoms with Crippen LogP contribution in [-0.4, -0.2) is 21.1 Å². The Hall–Kier alpha value is -2.27. The molecule has 0 fully saturated rings. The molecule has 0 aliphatic carbocycles. The van der Waals surface area contributed by atoms with Crippen molar-refractivity contribution in [2.75, 3.05) is 6.54 Å². The molecule has 5 heteroatoms. The van der Waals surface area contributed by atoms with Crippen molar-refractivity contribution in [3.8, 4) is 0 Å². The predicted octanol–water partition coefficient (Wildman–Crippen LogP) is 2.51. The van der Waals surface area contributed by atoms with Crippen LogP contribution in [0.4, 0.5) is 4.39 Å². The van der Waals surface area contributed by atoms with Crippen LogP contribution >= 0.6 is 0 Å². The smallest absolute Gasteiger partial charge is 0.160 e. The summed E-state index contributed by atoms with van der Waals surface area (Å²) in [6.45, 7) is 3.41. The highest BCUT2D eigenvalue weighted by atomic mass is 19.1. The Bertz CT molecular complexity index is 751. The SMILES string of the molecule is Cc1ccc(F)cc1CNCCc1nnc2ccccn12. The quantitative estimate of drug-likeness (QED) is 0.732. The molecule has 21 heavy (non-hydrogen) atoms. The highest BCUT2D eigenvalue weighted by molar-refractivity contribution is 5.37. The maximum Gasteiger partial charge on any atom is 0.160 e. The van der Waals surface area contributed by atoms with E-state index in [1.165, 1.54) is 6.07 Å². The summed E-state index contributed by atoms with van der Waals surface area (Å²) in [7, 11) is 0. The molecule has 1 aromatic carbocycles. The van der Waals surface area contributed by atoms with Crippen LogP contribution in [0.1, 0.15) is 17.0 Å². The lowest BCUT2D eigenvalue weighted by molar-refractivity contribution is 0.617. The summed E-state index contributed by atoms with van der Waals surface area (Å²) in [5.74, 6) is 0.731. The van der Waals surface area contributed by atoms with Gasteiger partial charge >= 0.3 is 0 Å². The molecule has 0 amide bonds. The molecule has 1 N–H and O–H groups in total. The van der Waals surface area contributed by atoms with Gasteiger partial charge in [0.25, 0.3) is 0 Å². The molecule has 4 nitrogen and oxygen atoms in total. The Kier molecular flexibility index (Phi) is 3.92. The second kappa shape index (κ2) is 6.01. The van der Waals surface area contributed by atoms with Gasteiger partial charge in [0.05, 0.1) is 0 Å². The largest absolute Gasteiger partial charge is 0.312 e. The van der Waals surface area contributed by atoms with E-state index in [-0.39, 0.29) is 5.82 Å². The van der Waals surface area contributed by atoms with Crippen LogP contribution in [-0.2, 0) is 13.0 Å². The molecule has 0 atom stereocenters. The van der Waals surface area contributed by atoms with Crippen molar-refractivity contribution in [2.45, 2.75) is 19.9 Å². The van der Waals surface area contributed by atoms with Gasteiger partial charge in [0.1, 0.15) is 11.6 Å². The summed E-state index contributed by atoms with van der Waals surface area (Å²) < 4.78 is 15.2. The third-order valence-electron chi connectivity index (χ3n) is 3.54. The lowest BCUT2D eigenvalue weighted by Gasteiger charge is -2.07. The molecular formula is C16H17FN4. The highest BCUT2D eigenvalue weighted by Gasteiger charge is 2.04.